The molecule has 0 amide bonds. The number of rotatable bonds is 38. The second kappa shape index (κ2) is 34.4. The van der Waals surface area contributed by atoms with Crippen LogP contribution in [-0.4, -0.2) is 87.5 Å². The fraction of sp³-hybridized carbons (Fsp3) is 0.957. The highest BCUT2D eigenvalue weighted by molar-refractivity contribution is 5.69. The van der Waals surface area contributed by atoms with Crippen LogP contribution in [0.1, 0.15) is 219 Å². The molecule has 0 aromatic heterocycles. The lowest BCUT2D eigenvalue weighted by molar-refractivity contribution is -1.02. The van der Waals surface area contributed by atoms with E-state index in [0.29, 0.717) is 26.1 Å². The summed E-state index contributed by atoms with van der Waals surface area (Å²) in [7, 11) is 4.59. The number of nitrogens with zero attached hydrogens (tertiary/aromatic N) is 2. The maximum Gasteiger partial charge on any atom is 0.305 e. The van der Waals surface area contributed by atoms with Gasteiger partial charge in [0.25, 0.3) is 0 Å². The number of likely N-dealkylation sites (N-methyl/N-ethyl adjacent to an activating group) is 2. The van der Waals surface area contributed by atoms with Gasteiger partial charge in [-0.1, -0.05) is 194 Å². The van der Waals surface area contributed by atoms with Gasteiger partial charge >= 0.3 is 11.9 Å². The SMILES string of the molecule is CCCCCCCCCCCCCCCCCC(=O)OCC[N+]1(C)CC[N+](C)(CCOC(=O)CCCCCCCCCCCCCCCCC)CC1. The average molecular weight is 737 g/mol. The van der Waals surface area contributed by atoms with E-state index in [-0.39, 0.29) is 11.9 Å². The molecule has 1 fully saturated rings. The highest BCUT2D eigenvalue weighted by Crippen LogP contribution is 2.18. The van der Waals surface area contributed by atoms with Crippen molar-refractivity contribution < 1.29 is 28.0 Å². The van der Waals surface area contributed by atoms with Crippen molar-refractivity contribution in [2.45, 2.75) is 219 Å². The first-order valence-corrected chi connectivity index (χ1v) is 23.3. The molecule has 1 rings (SSSR count). The van der Waals surface area contributed by atoms with Crippen molar-refractivity contribution in [2.24, 2.45) is 0 Å². The lowest BCUT2D eigenvalue weighted by Crippen LogP contribution is -2.65. The summed E-state index contributed by atoms with van der Waals surface area (Å²) in [5, 5.41) is 0. The predicted molar refractivity (Wildman–Crippen MR) is 223 cm³/mol. The van der Waals surface area contributed by atoms with Crippen LogP contribution >= 0.6 is 0 Å². The number of hydrogen-bond acceptors (Lipinski definition) is 4. The fourth-order valence-electron chi connectivity index (χ4n) is 7.82. The van der Waals surface area contributed by atoms with E-state index in [1.54, 1.807) is 0 Å². The van der Waals surface area contributed by atoms with Crippen LogP contribution in [0.25, 0.3) is 0 Å². The average Bonchev–Trinajstić information content (AvgIpc) is 3.13. The first-order chi connectivity index (χ1) is 25.3. The van der Waals surface area contributed by atoms with E-state index in [0.717, 1.165) is 73.9 Å². The van der Waals surface area contributed by atoms with Crippen molar-refractivity contribution in [3.63, 3.8) is 0 Å². The molecule has 1 aliphatic heterocycles. The van der Waals surface area contributed by atoms with Gasteiger partial charge in [-0.15, -0.1) is 0 Å². The largest absolute Gasteiger partial charge is 0.460 e. The van der Waals surface area contributed by atoms with Gasteiger partial charge in [0, 0.05) is 12.8 Å². The lowest BCUT2D eigenvalue weighted by Gasteiger charge is -2.46. The number of esters is 2. The van der Waals surface area contributed by atoms with Crippen LogP contribution in [0.5, 0.6) is 0 Å². The first-order valence-electron chi connectivity index (χ1n) is 23.3. The Bertz CT molecular complexity index is 744. The normalized spacial score (nSPS) is 18.8. The van der Waals surface area contributed by atoms with Gasteiger partial charge in [0.15, 0.2) is 0 Å². The molecule has 1 aliphatic rings. The highest BCUT2D eigenvalue weighted by atomic mass is 16.5. The maximum atomic E-state index is 12.3. The van der Waals surface area contributed by atoms with Crippen molar-refractivity contribution in [3.8, 4) is 0 Å². The lowest BCUT2D eigenvalue weighted by atomic mass is 10.0. The maximum absolute atomic E-state index is 12.3. The van der Waals surface area contributed by atoms with E-state index in [1.165, 1.54) is 167 Å². The number of unbranched alkanes of at least 4 members (excludes halogenated alkanes) is 28. The number of hydrogen-bond donors (Lipinski definition) is 0. The summed E-state index contributed by atoms with van der Waals surface area (Å²) in [5.41, 5.74) is 0. The summed E-state index contributed by atoms with van der Waals surface area (Å²) in [6.45, 7) is 11.7. The summed E-state index contributed by atoms with van der Waals surface area (Å²) in [6.07, 6.45) is 41.3. The van der Waals surface area contributed by atoms with Crippen LogP contribution in [0.3, 0.4) is 0 Å². The van der Waals surface area contributed by atoms with Gasteiger partial charge in [-0.2, -0.15) is 0 Å². The quantitative estimate of drug-likeness (QED) is 0.0360. The Morgan fingerprint density at radius 1 is 0.365 bits per heavy atom. The highest BCUT2D eigenvalue weighted by Gasteiger charge is 2.37. The molecule has 0 N–H and O–H groups in total. The summed E-state index contributed by atoms with van der Waals surface area (Å²) < 4.78 is 13.2. The molecule has 52 heavy (non-hydrogen) atoms. The molecule has 1 heterocycles. The molecule has 0 aromatic rings. The molecule has 0 aromatic carbocycles. The van der Waals surface area contributed by atoms with Crippen LogP contribution in [-0.2, 0) is 19.1 Å². The summed E-state index contributed by atoms with van der Waals surface area (Å²) in [6, 6.07) is 0. The van der Waals surface area contributed by atoms with Crippen molar-refractivity contribution in [1.82, 2.24) is 0 Å². The van der Waals surface area contributed by atoms with Gasteiger partial charge in [-0.3, -0.25) is 9.59 Å². The molecule has 0 aliphatic carbocycles. The minimum Gasteiger partial charge on any atom is -0.460 e. The molecule has 0 radical (unpaired) electrons. The molecule has 0 spiro atoms. The second-order valence-corrected chi connectivity index (χ2v) is 17.4. The van der Waals surface area contributed by atoms with Gasteiger partial charge < -0.3 is 18.4 Å². The van der Waals surface area contributed by atoms with Crippen LogP contribution in [0.2, 0.25) is 0 Å². The summed E-state index contributed by atoms with van der Waals surface area (Å²) in [4.78, 5) is 24.7. The smallest absolute Gasteiger partial charge is 0.305 e. The van der Waals surface area contributed by atoms with Gasteiger partial charge in [0.2, 0.25) is 0 Å². The summed E-state index contributed by atoms with van der Waals surface area (Å²) >= 11 is 0. The molecule has 1 saturated heterocycles. The molecule has 308 valence electrons. The molecule has 0 unspecified atom stereocenters. The fourth-order valence-corrected chi connectivity index (χ4v) is 7.82. The third-order valence-electron chi connectivity index (χ3n) is 12.1. The van der Waals surface area contributed by atoms with Crippen LogP contribution in [0.15, 0.2) is 0 Å². The Morgan fingerprint density at radius 2 is 0.577 bits per heavy atom. The minimum absolute atomic E-state index is 0.0231. The van der Waals surface area contributed by atoms with Gasteiger partial charge in [0.1, 0.15) is 52.5 Å². The third-order valence-corrected chi connectivity index (χ3v) is 12.1. The molecule has 0 saturated carbocycles. The van der Waals surface area contributed by atoms with E-state index >= 15 is 0 Å². The molecular formula is C46H92N2O4+2. The van der Waals surface area contributed by atoms with E-state index in [1.807, 2.05) is 0 Å². The number of quaternary nitrogens is 2. The van der Waals surface area contributed by atoms with Gasteiger partial charge in [-0.25, -0.2) is 0 Å². The number of carbonyl (C=O) groups excluding carboxylic acids is 2. The Balaban J connectivity index is 1.92. The molecule has 6 heteroatoms. The zero-order valence-corrected chi connectivity index (χ0v) is 35.8. The second-order valence-electron chi connectivity index (χ2n) is 17.4. The molecule has 6 nitrogen and oxygen atoms in total. The van der Waals surface area contributed by atoms with Crippen molar-refractivity contribution in [2.75, 3.05) is 66.6 Å². The van der Waals surface area contributed by atoms with Crippen LogP contribution in [0.4, 0.5) is 0 Å². The Hall–Kier alpha value is -1.14. The van der Waals surface area contributed by atoms with E-state index in [2.05, 4.69) is 27.9 Å². The zero-order valence-electron chi connectivity index (χ0n) is 35.8. The monoisotopic (exact) mass is 737 g/mol. The Labute approximate surface area is 325 Å². The molecule has 0 atom stereocenters. The zero-order chi connectivity index (χ0) is 37.9. The van der Waals surface area contributed by atoms with Crippen molar-refractivity contribution in [1.29, 1.82) is 0 Å². The number of piperazine rings is 1. The predicted octanol–water partition coefficient (Wildman–Crippen LogP) is 12.5. The van der Waals surface area contributed by atoms with E-state index in [9.17, 15) is 9.59 Å². The van der Waals surface area contributed by atoms with E-state index in [4.69, 9.17) is 9.47 Å². The first kappa shape index (κ1) is 48.9. The molecule has 0 bridgehead atoms. The molecular weight excluding hydrogens is 645 g/mol. The topological polar surface area (TPSA) is 52.6 Å². The van der Waals surface area contributed by atoms with E-state index < -0.39 is 0 Å². The van der Waals surface area contributed by atoms with Crippen LogP contribution in [0, 0.1) is 0 Å². The number of carbonyl (C=O) groups is 2. The third kappa shape index (κ3) is 30.2. The number of ether oxygens (including phenoxy) is 2. The summed E-state index contributed by atoms with van der Waals surface area (Å²) in [5.74, 6) is -0.0461. The van der Waals surface area contributed by atoms with Gasteiger partial charge in [0.05, 0.1) is 14.1 Å². The Morgan fingerprint density at radius 3 is 0.808 bits per heavy atom. The van der Waals surface area contributed by atoms with Crippen LogP contribution < -0.4 is 0 Å². The Kier molecular flexibility index (Phi) is 32.3. The standard InChI is InChI=1S/C46H92N2O4/c1-5-7-9-11-13-15-17-19-21-23-25-27-29-31-33-35-45(49)51-43-41-47(3)37-39-48(4,40-38-47)42-44-52-46(50)36-34-32-30-28-26-24-22-20-18-16-14-12-10-8-6-2/h5-44H2,1-4H3/q+2. The minimum atomic E-state index is -0.0231. The van der Waals surface area contributed by atoms with Crippen molar-refractivity contribution in [3.05, 3.63) is 0 Å². The van der Waals surface area contributed by atoms with Gasteiger partial charge in [-0.05, 0) is 12.8 Å². The van der Waals surface area contributed by atoms with Crippen molar-refractivity contribution >= 4 is 11.9 Å².